The number of aromatic hydroxyl groups is 2. The number of benzene rings is 3. The van der Waals surface area contributed by atoms with Gasteiger partial charge in [-0.2, -0.15) is 0 Å². The third-order valence-corrected chi connectivity index (χ3v) is 5.34. The van der Waals surface area contributed by atoms with Crippen LogP contribution in [0.1, 0.15) is 31.1 Å². The molecule has 0 saturated heterocycles. The van der Waals surface area contributed by atoms with Gasteiger partial charge in [0.2, 0.25) is 0 Å². The number of ether oxygens (including phenoxy) is 4. The van der Waals surface area contributed by atoms with Crippen LogP contribution in [0.25, 0.3) is 11.1 Å². The van der Waals surface area contributed by atoms with Crippen molar-refractivity contribution >= 4 is 33.8 Å². The predicted octanol–water partition coefficient (Wildman–Crippen LogP) is 4.58. The van der Waals surface area contributed by atoms with Gasteiger partial charge < -0.3 is 29.2 Å². The number of carbonyl (C=O) groups excluding carboxylic acids is 3. The molecule has 0 atom stereocenters. The standard InChI is InChI=1S/C16H14O6.C9H9BrO3/c1-21-15(19)11-5-3-9(17)7-13(11)14-8-10(18)4-6-12(14)16(20)22-2;1-12-6-3-4-7(8(10)5-6)9(11)13-2/h3-8,17-18H,1-2H3;3-5H,1-2H3. The summed E-state index contributed by atoms with van der Waals surface area (Å²) in [4.78, 5) is 34.9. The SMILES string of the molecule is COC(=O)c1ccc(O)cc1-c1cc(O)ccc1C(=O)OC.COC(=O)c1ccc(OC)cc1Br. The molecule has 0 aliphatic rings. The Balaban J connectivity index is 0.000000283. The van der Waals surface area contributed by atoms with Crippen molar-refractivity contribution in [2.75, 3.05) is 28.4 Å². The fourth-order valence-corrected chi connectivity index (χ4v) is 3.50. The van der Waals surface area contributed by atoms with E-state index in [4.69, 9.17) is 14.2 Å². The summed E-state index contributed by atoms with van der Waals surface area (Å²) >= 11 is 3.25. The zero-order chi connectivity index (χ0) is 26.1. The molecule has 3 rings (SSSR count). The Morgan fingerprint density at radius 2 is 1.03 bits per heavy atom. The average Bonchev–Trinajstić information content (AvgIpc) is 2.87. The van der Waals surface area contributed by atoms with Gasteiger partial charge in [0.05, 0.1) is 45.1 Å². The van der Waals surface area contributed by atoms with E-state index in [0.717, 1.165) is 0 Å². The molecule has 0 aliphatic carbocycles. The van der Waals surface area contributed by atoms with Gasteiger partial charge in [-0.15, -0.1) is 0 Å². The molecular weight excluding hydrogens is 524 g/mol. The van der Waals surface area contributed by atoms with Crippen LogP contribution >= 0.6 is 15.9 Å². The summed E-state index contributed by atoms with van der Waals surface area (Å²) in [5, 5.41) is 19.4. The van der Waals surface area contributed by atoms with Crippen molar-refractivity contribution in [2.24, 2.45) is 0 Å². The van der Waals surface area contributed by atoms with Crippen LogP contribution in [0.5, 0.6) is 17.2 Å². The van der Waals surface area contributed by atoms with E-state index in [1.807, 2.05) is 0 Å². The van der Waals surface area contributed by atoms with Crippen LogP contribution < -0.4 is 4.74 Å². The van der Waals surface area contributed by atoms with E-state index in [-0.39, 0.29) is 39.7 Å². The van der Waals surface area contributed by atoms with Crippen LogP contribution in [0.4, 0.5) is 0 Å². The summed E-state index contributed by atoms with van der Waals surface area (Å²) in [6.07, 6.45) is 0. The maximum Gasteiger partial charge on any atom is 0.339 e. The van der Waals surface area contributed by atoms with Crippen LogP contribution in [0.15, 0.2) is 59.1 Å². The van der Waals surface area contributed by atoms with Gasteiger partial charge in [0.15, 0.2) is 0 Å². The molecule has 2 N–H and O–H groups in total. The first-order valence-corrected chi connectivity index (χ1v) is 10.7. The molecule has 10 heteroatoms. The number of phenols is 2. The number of esters is 3. The van der Waals surface area contributed by atoms with Crippen molar-refractivity contribution in [3.05, 3.63) is 75.8 Å². The van der Waals surface area contributed by atoms with Crippen molar-refractivity contribution in [3.63, 3.8) is 0 Å². The minimum Gasteiger partial charge on any atom is -0.508 e. The Morgan fingerprint density at radius 1 is 0.629 bits per heavy atom. The Hall–Kier alpha value is -4.05. The molecule has 184 valence electrons. The highest BCUT2D eigenvalue weighted by Crippen LogP contribution is 2.33. The second-order valence-corrected chi connectivity index (χ2v) is 7.63. The van der Waals surface area contributed by atoms with E-state index in [2.05, 4.69) is 20.7 Å². The van der Waals surface area contributed by atoms with Gasteiger partial charge in [0.1, 0.15) is 17.2 Å². The zero-order valence-electron chi connectivity index (χ0n) is 19.3. The molecule has 0 radical (unpaired) electrons. The van der Waals surface area contributed by atoms with Crippen LogP contribution in [0.2, 0.25) is 0 Å². The molecule has 0 spiro atoms. The van der Waals surface area contributed by atoms with E-state index >= 15 is 0 Å². The highest BCUT2D eigenvalue weighted by atomic mass is 79.9. The van der Waals surface area contributed by atoms with Gasteiger partial charge in [-0.05, 0) is 70.5 Å². The topological polar surface area (TPSA) is 129 Å². The third kappa shape index (κ3) is 6.73. The first-order valence-electron chi connectivity index (χ1n) is 9.91. The maximum atomic E-state index is 11.9. The van der Waals surface area contributed by atoms with Crippen molar-refractivity contribution in [1.82, 2.24) is 0 Å². The van der Waals surface area contributed by atoms with Gasteiger partial charge >= 0.3 is 17.9 Å². The summed E-state index contributed by atoms with van der Waals surface area (Å²) in [6.45, 7) is 0. The number of halogens is 1. The Bertz CT molecular complexity index is 1170. The minimum absolute atomic E-state index is 0.0955. The summed E-state index contributed by atoms with van der Waals surface area (Å²) in [7, 11) is 5.36. The van der Waals surface area contributed by atoms with Gasteiger partial charge in [-0.3, -0.25) is 0 Å². The summed E-state index contributed by atoms with van der Waals surface area (Å²) in [5.74, 6) is -1.12. The summed E-state index contributed by atoms with van der Waals surface area (Å²) in [5.41, 5.74) is 1.29. The van der Waals surface area contributed by atoms with Crippen LogP contribution in [-0.2, 0) is 14.2 Å². The molecule has 0 amide bonds. The Labute approximate surface area is 210 Å². The zero-order valence-corrected chi connectivity index (χ0v) is 20.9. The maximum absolute atomic E-state index is 11.9. The first-order chi connectivity index (χ1) is 16.7. The number of hydrogen-bond donors (Lipinski definition) is 2. The van der Waals surface area contributed by atoms with Crippen molar-refractivity contribution in [3.8, 4) is 28.4 Å². The van der Waals surface area contributed by atoms with Crippen molar-refractivity contribution < 1.29 is 43.5 Å². The highest BCUT2D eigenvalue weighted by Gasteiger charge is 2.20. The quantitative estimate of drug-likeness (QED) is 0.348. The number of methoxy groups -OCH3 is 4. The number of hydrogen-bond acceptors (Lipinski definition) is 9. The van der Waals surface area contributed by atoms with Crippen molar-refractivity contribution in [1.29, 1.82) is 0 Å². The number of phenolic OH excluding ortho intramolecular Hbond substituents is 2. The van der Waals surface area contributed by atoms with Gasteiger partial charge in [-0.1, -0.05) is 0 Å². The summed E-state index contributed by atoms with van der Waals surface area (Å²) in [6, 6.07) is 13.1. The molecule has 0 fully saturated rings. The molecule has 3 aromatic rings. The number of carbonyl (C=O) groups is 3. The molecule has 0 saturated carbocycles. The van der Waals surface area contributed by atoms with E-state index in [1.165, 1.54) is 57.7 Å². The average molecular weight is 547 g/mol. The third-order valence-electron chi connectivity index (χ3n) is 4.69. The van der Waals surface area contributed by atoms with Crippen LogP contribution in [0, 0.1) is 0 Å². The molecule has 0 bridgehead atoms. The number of rotatable bonds is 5. The van der Waals surface area contributed by atoms with E-state index < -0.39 is 11.9 Å². The monoisotopic (exact) mass is 546 g/mol. The molecule has 0 aromatic heterocycles. The first kappa shape index (κ1) is 27.2. The van der Waals surface area contributed by atoms with Gasteiger partial charge in [-0.25, -0.2) is 14.4 Å². The second-order valence-electron chi connectivity index (χ2n) is 6.78. The fraction of sp³-hybridized carbons (Fsp3) is 0.160. The largest absolute Gasteiger partial charge is 0.508 e. The van der Waals surface area contributed by atoms with E-state index in [9.17, 15) is 24.6 Å². The van der Waals surface area contributed by atoms with Gasteiger partial charge in [0, 0.05) is 15.6 Å². The lowest BCUT2D eigenvalue weighted by Gasteiger charge is -2.12. The molecular formula is C25H23BrO9. The second kappa shape index (κ2) is 12.4. The molecule has 9 nitrogen and oxygen atoms in total. The van der Waals surface area contributed by atoms with Gasteiger partial charge in [0.25, 0.3) is 0 Å². The molecule has 0 heterocycles. The smallest absolute Gasteiger partial charge is 0.339 e. The summed E-state index contributed by atoms with van der Waals surface area (Å²) < 4.78 is 19.6. The lowest BCUT2D eigenvalue weighted by Crippen LogP contribution is -2.07. The normalized spacial score (nSPS) is 9.86. The Morgan fingerprint density at radius 3 is 1.40 bits per heavy atom. The fourth-order valence-electron chi connectivity index (χ4n) is 2.98. The minimum atomic E-state index is -0.630. The molecule has 3 aromatic carbocycles. The predicted molar refractivity (Wildman–Crippen MR) is 130 cm³/mol. The van der Waals surface area contributed by atoms with E-state index in [0.29, 0.717) is 15.8 Å². The van der Waals surface area contributed by atoms with Crippen LogP contribution in [0.3, 0.4) is 0 Å². The molecule has 0 unspecified atom stereocenters. The highest BCUT2D eigenvalue weighted by molar-refractivity contribution is 9.10. The van der Waals surface area contributed by atoms with E-state index in [1.54, 1.807) is 25.3 Å². The lowest BCUT2D eigenvalue weighted by molar-refractivity contribution is 0.0590. The Kier molecular flexibility index (Phi) is 9.65. The molecule has 0 aliphatic heterocycles. The molecule has 35 heavy (non-hydrogen) atoms. The lowest BCUT2D eigenvalue weighted by atomic mass is 9.94. The van der Waals surface area contributed by atoms with Crippen LogP contribution in [-0.4, -0.2) is 56.6 Å². The van der Waals surface area contributed by atoms with Crippen molar-refractivity contribution in [2.45, 2.75) is 0 Å².